The first-order valence-electron chi connectivity index (χ1n) is 16.2. The van der Waals surface area contributed by atoms with Crippen molar-refractivity contribution < 1.29 is 9.59 Å². The standard InChI is InChI=1S/C28H38ClN5O2.S21/c1-28(2,3)24-19-33(26(23-6-4-5-13-31-23)21-7-9-22(29)10-8-21)16-17-34(24)25(35)18-20-11-14-32(15-12-20)27(30)36;1-3-5-7-9-11-13-15-17-19-21-20-18-16-14-12-10-8-6-4-2/h4-10,13,20,24,26H,11-12,14-19H2,1-3H3,(H2,30,36);/t24-,26?;/m1./s1. The maximum Gasteiger partial charge on any atom is 0.314 e. The first kappa shape index (κ1) is 53.3. The number of pyridine rings is 1. The summed E-state index contributed by atoms with van der Waals surface area (Å²) in [5.41, 5.74) is 7.48. The third-order valence-corrected chi connectivity index (χ3v) is 48.4. The molecule has 2 saturated heterocycles. The molecule has 7 nitrogen and oxygen atoms in total. The van der Waals surface area contributed by atoms with Crippen LogP contribution in [0.1, 0.15) is 57.3 Å². The fourth-order valence-electron chi connectivity index (χ4n) is 5.74. The Morgan fingerprint density at radius 2 is 1.25 bits per heavy atom. The van der Waals surface area contributed by atoms with Crippen LogP contribution in [0, 0.1) is 11.3 Å². The van der Waals surface area contributed by atoms with Gasteiger partial charge < -0.3 is 15.5 Å². The van der Waals surface area contributed by atoms with Gasteiger partial charge in [0.2, 0.25) is 5.91 Å². The van der Waals surface area contributed by atoms with Gasteiger partial charge in [-0.15, -0.1) is 0 Å². The number of hydrogen-bond donors (Lipinski definition) is 1. The number of nitrogens with zero attached hydrogens (tertiary/aromatic N) is 4. The molecule has 0 bridgehead atoms. The number of piperidine rings is 1. The van der Waals surface area contributed by atoms with Crippen molar-refractivity contribution in [3.63, 3.8) is 0 Å². The van der Waals surface area contributed by atoms with Crippen molar-refractivity contribution in [2.75, 3.05) is 32.7 Å². The lowest BCUT2D eigenvalue weighted by molar-refractivity contribution is -0.141. The average molecular weight is 1190 g/mol. The molecule has 4 rings (SSSR count). The monoisotopic (exact) mass is 1180 g/mol. The van der Waals surface area contributed by atoms with Gasteiger partial charge >= 0.3 is 6.03 Å². The Morgan fingerprint density at radius 3 is 1.67 bits per heavy atom. The van der Waals surface area contributed by atoms with Crippen LogP contribution in [0.15, 0.2) is 48.7 Å². The van der Waals surface area contributed by atoms with E-state index in [0.29, 0.717) is 37.0 Å². The molecule has 1 aromatic carbocycles. The van der Waals surface area contributed by atoms with Crippen molar-refractivity contribution in [1.82, 2.24) is 19.7 Å². The lowest BCUT2D eigenvalue weighted by Gasteiger charge is -2.49. The van der Waals surface area contributed by atoms with Crippen LogP contribution in [0.5, 0.6) is 0 Å². The summed E-state index contributed by atoms with van der Waals surface area (Å²) in [6, 6.07) is 13.7. The summed E-state index contributed by atoms with van der Waals surface area (Å²) in [7, 11) is 32.6. The first-order chi connectivity index (χ1) is 27.5. The molecule has 3 amide bonds. The molecule has 2 aliphatic heterocycles. The van der Waals surface area contributed by atoms with Crippen molar-refractivity contribution in [2.24, 2.45) is 17.1 Å². The molecule has 0 aliphatic carbocycles. The minimum Gasteiger partial charge on any atom is -0.351 e. The molecule has 0 saturated carbocycles. The number of likely N-dealkylation sites (tertiary alicyclic amines) is 1. The smallest absolute Gasteiger partial charge is 0.314 e. The Balaban J connectivity index is 0.000000356. The number of primary amides is 1. The summed E-state index contributed by atoms with van der Waals surface area (Å²) >= 11 is 15.7. The van der Waals surface area contributed by atoms with Crippen molar-refractivity contribution in [1.29, 1.82) is 0 Å². The van der Waals surface area contributed by atoms with E-state index in [1.54, 1.807) is 156 Å². The van der Waals surface area contributed by atoms with Gasteiger partial charge in [-0.25, -0.2) is 4.79 Å². The number of urea groups is 1. The Bertz CT molecular complexity index is 2470. The Hall–Kier alpha value is 1.98. The summed E-state index contributed by atoms with van der Waals surface area (Å²) in [5.74, 6) is 0.509. The van der Waals surface area contributed by atoms with Crippen LogP contribution < -0.4 is 5.73 Å². The molecule has 2 fully saturated rings. The molecule has 2 N–H and O–H groups in total. The van der Waals surface area contributed by atoms with Gasteiger partial charge in [-0.05, 0) is 54.0 Å². The largest absolute Gasteiger partial charge is 0.351 e. The number of halogens is 1. The zero-order chi connectivity index (χ0) is 41.3. The van der Waals surface area contributed by atoms with Gasteiger partial charge in [-0.1, -0.05) is 50.6 Å². The number of carbonyl (C=O) groups excluding carboxylic acids is 2. The van der Waals surface area contributed by atoms with Gasteiger partial charge in [0.25, 0.3) is 0 Å². The third kappa shape index (κ3) is 22.0. The topological polar surface area (TPSA) is 82.8 Å². The molecule has 2 atom stereocenters. The molecule has 0 radical (unpaired) electrons. The zero-order valence-corrected chi connectivity index (χ0v) is 48.0. The van der Waals surface area contributed by atoms with E-state index in [4.69, 9.17) is 44.7 Å². The maximum atomic E-state index is 13.6. The van der Waals surface area contributed by atoms with Crippen LogP contribution >= 0.6 is 11.6 Å². The highest BCUT2D eigenvalue weighted by atomic mass is 35.5. The second-order valence-electron chi connectivity index (χ2n) is 12.4. The fraction of sp³-hybridized carbons (Fsp3) is 0.536. The van der Waals surface area contributed by atoms with E-state index in [9.17, 15) is 9.59 Å². The number of benzene rings is 1. The van der Waals surface area contributed by atoms with E-state index >= 15 is 0 Å². The predicted octanol–water partition coefficient (Wildman–Crippen LogP) is 4.51. The van der Waals surface area contributed by atoms with E-state index in [0.717, 1.165) is 37.2 Å². The summed E-state index contributed by atoms with van der Waals surface area (Å²) in [6.45, 7) is 10.1. The molecule has 1 unspecified atom stereocenters. The van der Waals surface area contributed by atoms with E-state index in [1.165, 1.54) is 17.8 Å². The van der Waals surface area contributed by atoms with Crippen molar-refractivity contribution in [3.8, 4) is 0 Å². The predicted molar refractivity (Wildman–Crippen MR) is 297 cm³/mol. The van der Waals surface area contributed by atoms with Gasteiger partial charge in [0.1, 0.15) is 0 Å². The summed E-state index contributed by atoms with van der Waals surface area (Å²) < 4.78 is 0. The van der Waals surface area contributed by atoms with Crippen LogP contribution in [-0.2, 0) is 196 Å². The van der Waals surface area contributed by atoms with Gasteiger partial charge in [0.05, 0.1) is 11.7 Å². The number of hydrogen-bond acceptors (Lipinski definition) is 6. The quantitative estimate of drug-likeness (QED) is 0.476. The SMILES string of the molecule is CC(C)(C)[C@H]1CN(C(c2ccc(Cl)cc2)c2ccccn2)CCN1C(=O)CC1CCN(C(N)=O)CC1.S=S=S=S=S=S=S=S=S=S=S=S=S=S=S=S=S=S=S=S=S. The molecule has 320 valence electrons. The average Bonchev–Trinajstić information content (AvgIpc) is 3.20. The van der Waals surface area contributed by atoms with Crippen molar-refractivity contribution in [2.45, 2.75) is 52.1 Å². The molecular formula is C28H38ClN5O2S21. The normalized spacial score (nSPS) is 15.9. The van der Waals surface area contributed by atoms with Gasteiger partial charge in [-0.3, -0.25) is 14.7 Å². The number of piperazine rings is 1. The van der Waals surface area contributed by atoms with Crippen LogP contribution in [0.2, 0.25) is 5.02 Å². The Labute approximate surface area is 404 Å². The molecule has 3 heterocycles. The highest BCUT2D eigenvalue weighted by Gasteiger charge is 2.41. The van der Waals surface area contributed by atoms with Gasteiger partial charge in [0, 0.05) is 248 Å². The molecule has 29 heteroatoms. The first-order valence-corrected chi connectivity index (χ1v) is 43.3. The van der Waals surface area contributed by atoms with E-state index < -0.39 is 0 Å². The van der Waals surface area contributed by atoms with E-state index in [1.807, 2.05) is 30.5 Å². The van der Waals surface area contributed by atoms with E-state index in [-0.39, 0.29) is 29.4 Å². The lowest BCUT2D eigenvalue weighted by atomic mass is 9.82. The zero-order valence-electron chi connectivity index (χ0n) is 30.1. The molecule has 1 aromatic heterocycles. The van der Waals surface area contributed by atoms with Crippen LogP contribution in [0.4, 0.5) is 4.79 Å². The molecule has 0 spiro atoms. The minimum absolute atomic E-state index is 0.0105. The number of rotatable bonds is 5. The van der Waals surface area contributed by atoms with Crippen LogP contribution in [0.25, 0.3) is 0 Å². The second kappa shape index (κ2) is 31.8. The molecule has 2 aliphatic rings. The molecular weight excluding hydrogens is 1150 g/mol. The summed E-state index contributed by atoms with van der Waals surface area (Å²) in [6.07, 6.45) is 4.02. The minimum atomic E-state index is -0.369. The van der Waals surface area contributed by atoms with Crippen molar-refractivity contribution in [3.05, 3.63) is 64.9 Å². The number of amides is 3. The Morgan fingerprint density at radius 1 is 0.754 bits per heavy atom. The van der Waals surface area contributed by atoms with Crippen LogP contribution in [0.3, 0.4) is 0 Å². The molecule has 2 aromatic rings. The highest BCUT2D eigenvalue weighted by Crippen LogP contribution is 2.35. The summed E-state index contributed by atoms with van der Waals surface area (Å²) in [4.78, 5) is 35.9. The lowest BCUT2D eigenvalue weighted by Crippen LogP contribution is -2.60. The third-order valence-electron chi connectivity index (χ3n) is 8.14. The highest BCUT2D eigenvalue weighted by molar-refractivity contribution is 8.78. The number of nitrogens with two attached hydrogens (primary N) is 1. The maximum absolute atomic E-state index is 13.6. The molecule has 57 heavy (non-hydrogen) atoms. The van der Waals surface area contributed by atoms with E-state index in [2.05, 4.69) is 48.8 Å². The van der Waals surface area contributed by atoms with Crippen molar-refractivity contribution >= 4 is 215 Å². The van der Waals surface area contributed by atoms with Gasteiger partial charge in [0.15, 0.2) is 0 Å². The Kier molecular flexibility index (Phi) is 29.7. The van der Waals surface area contributed by atoms with Gasteiger partial charge in [-0.2, -0.15) is 0 Å². The van der Waals surface area contributed by atoms with Crippen LogP contribution in [-0.4, -0.2) is 70.4 Å². The fourth-order valence-corrected chi connectivity index (χ4v) is 52.5. The number of carbonyl (C=O) groups is 2. The number of aromatic nitrogens is 1. The summed E-state index contributed by atoms with van der Waals surface area (Å²) in [5, 5.41) is 0.711. The second-order valence-corrected chi connectivity index (χ2v) is 46.5.